The number of benzene rings is 2. The van der Waals surface area contributed by atoms with Crippen LogP contribution in [0.15, 0.2) is 60.7 Å². The fourth-order valence-corrected chi connectivity index (χ4v) is 6.30. The maximum Gasteiger partial charge on any atom is 0.410 e. The number of amides is 2. The Bertz CT molecular complexity index is 991. The molecule has 3 fully saturated rings. The van der Waals surface area contributed by atoms with Crippen molar-refractivity contribution in [3.8, 4) is 0 Å². The van der Waals surface area contributed by atoms with Crippen LogP contribution in [0.3, 0.4) is 0 Å². The van der Waals surface area contributed by atoms with E-state index in [4.69, 9.17) is 4.74 Å². The molecular formula is C31H41N3O3. The molecule has 0 unspecified atom stereocenters. The maximum atomic E-state index is 13.2. The molecule has 0 N–H and O–H groups in total. The topological polar surface area (TPSA) is 53.1 Å². The predicted molar refractivity (Wildman–Crippen MR) is 145 cm³/mol. The van der Waals surface area contributed by atoms with Crippen LogP contribution < -0.4 is 0 Å². The van der Waals surface area contributed by atoms with Crippen LogP contribution in [0.4, 0.5) is 4.79 Å². The van der Waals surface area contributed by atoms with Crippen LogP contribution >= 0.6 is 0 Å². The summed E-state index contributed by atoms with van der Waals surface area (Å²) < 4.78 is 5.51. The van der Waals surface area contributed by atoms with Crippen molar-refractivity contribution in [3.05, 3.63) is 71.8 Å². The number of rotatable bonds is 6. The monoisotopic (exact) mass is 503 g/mol. The van der Waals surface area contributed by atoms with Crippen molar-refractivity contribution in [3.63, 3.8) is 0 Å². The molecule has 3 aliphatic rings. The molecule has 0 spiro atoms. The quantitative estimate of drug-likeness (QED) is 0.558. The Morgan fingerprint density at radius 3 is 1.86 bits per heavy atom. The van der Waals surface area contributed by atoms with Crippen LogP contribution in [-0.4, -0.2) is 72.0 Å². The van der Waals surface area contributed by atoms with Gasteiger partial charge in [-0.05, 0) is 75.1 Å². The molecular weight excluding hydrogens is 462 g/mol. The van der Waals surface area contributed by atoms with Gasteiger partial charge >= 0.3 is 6.09 Å². The van der Waals surface area contributed by atoms with Gasteiger partial charge in [-0.15, -0.1) is 0 Å². The molecule has 2 aromatic rings. The molecule has 0 aromatic heterocycles. The summed E-state index contributed by atoms with van der Waals surface area (Å²) in [6.45, 7) is 5.62. The highest BCUT2D eigenvalue weighted by atomic mass is 16.6. The van der Waals surface area contributed by atoms with Crippen LogP contribution in [0.5, 0.6) is 0 Å². The average Bonchev–Trinajstić information content (AvgIpc) is 2.97. The molecule has 0 saturated carbocycles. The van der Waals surface area contributed by atoms with E-state index >= 15 is 0 Å². The Morgan fingerprint density at radius 1 is 0.676 bits per heavy atom. The normalized spacial score (nSPS) is 20.6. The summed E-state index contributed by atoms with van der Waals surface area (Å²) in [5.41, 5.74) is 2.43. The van der Waals surface area contributed by atoms with Crippen molar-refractivity contribution in [1.29, 1.82) is 0 Å². The van der Waals surface area contributed by atoms with E-state index in [1.54, 1.807) is 0 Å². The van der Waals surface area contributed by atoms with E-state index in [9.17, 15) is 9.59 Å². The summed E-state index contributed by atoms with van der Waals surface area (Å²) in [5, 5.41) is 0. The molecule has 2 aromatic carbocycles. The van der Waals surface area contributed by atoms with Crippen molar-refractivity contribution in [2.75, 3.05) is 39.3 Å². The summed E-state index contributed by atoms with van der Waals surface area (Å²) in [6.07, 6.45) is 7.04. The third-order valence-corrected chi connectivity index (χ3v) is 8.62. The maximum absolute atomic E-state index is 13.2. The lowest BCUT2D eigenvalue weighted by Gasteiger charge is -2.42. The van der Waals surface area contributed by atoms with Gasteiger partial charge < -0.3 is 19.4 Å². The molecule has 3 heterocycles. The van der Waals surface area contributed by atoms with E-state index < -0.39 is 0 Å². The highest BCUT2D eigenvalue weighted by molar-refractivity contribution is 5.79. The fraction of sp³-hybridized carbons (Fsp3) is 0.548. The Kier molecular flexibility index (Phi) is 8.77. The van der Waals surface area contributed by atoms with Crippen molar-refractivity contribution in [1.82, 2.24) is 14.7 Å². The second kappa shape index (κ2) is 12.6. The van der Waals surface area contributed by atoms with Crippen LogP contribution in [0, 0.1) is 11.8 Å². The van der Waals surface area contributed by atoms with Gasteiger partial charge in [0.05, 0.1) is 0 Å². The second-order valence-corrected chi connectivity index (χ2v) is 11.0. The first-order valence-electron chi connectivity index (χ1n) is 14.2. The molecule has 0 radical (unpaired) electrons. The molecule has 3 aliphatic heterocycles. The minimum absolute atomic E-state index is 0.176. The number of hydrogen-bond acceptors (Lipinski definition) is 4. The molecule has 198 valence electrons. The van der Waals surface area contributed by atoms with Gasteiger partial charge in [-0.3, -0.25) is 4.79 Å². The van der Waals surface area contributed by atoms with Gasteiger partial charge in [0.2, 0.25) is 5.91 Å². The smallest absolute Gasteiger partial charge is 0.410 e. The number of carbonyl (C=O) groups is 2. The molecule has 37 heavy (non-hydrogen) atoms. The first-order chi connectivity index (χ1) is 18.2. The summed E-state index contributed by atoms with van der Waals surface area (Å²) in [5.74, 6) is 1.25. The number of ether oxygens (including phenoxy) is 1. The van der Waals surface area contributed by atoms with Crippen molar-refractivity contribution >= 4 is 12.0 Å². The van der Waals surface area contributed by atoms with Gasteiger partial charge in [0.15, 0.2) is 0 Å². The lowest BCUT2D eigenvalue weighted by Crippen LogP contribution is -2.51. The lowest BCUT2D eigenvalue weighted by molar-refractivity contribution is -0.138. The Hall–Kier alpha value is -2.86. The van der Waals surface area contributed by atoms with Crippen molar-refractivity contribution in [2.24, 2.45) is 11.8 Å². The van der Waals surface area contributed by atoms with Crippen LogP contribution in [0.25, 0.3) is 0 Å². The molecule has 5 rings (SSSR count). The van der Waals surface area contributed by atoms with Crippen molar-refractivity contribution in [2.45, 2.75) is 57.6 Å². The van der Waals surface area contributed by atoms with Gasteiger partial charge in [0, 0.05) is 38.1 Å². The number of nitrogens with zero attached hydrogens (tertiary/aromatic N) is 3. The predicted octanol–water partition coefficient (Wildman–Crippen LogP) is 4.98. The first-order valence-corrected chi connectivity index (χ1v) is 14.2. The van der Waals surface area contributed by atoms with E-state index in [0.717, 1.165) is 89.8 Å². The van der Waals surface area contributed by atoms with E-state index in [-0.39, 0.29) is 12.0 Å². The minimum atomic E-state index is -0.209. The van der Waals surface area contributed by atoms with E-state index in [2.05, 4.69) is 40.1 Å². The first kappa shape index (κ1) is 25.8. The second-order valence-electron chi connectivity index (χ2n) is 11.0. The molecule has 0 aliphatic carbocycles. The van der Waals surface area contributed by atoms with Crippen molar-refractivity contribution < 1.29 is 14.3 Å². The highest BCUT2D eigenvalue weighted by Gasteiger charge is 2.34. The number of piperidine rings is 3. The zero-order chi connectivity index (χ0) is 25.5. The average molecular weight is 504 g/mol. The standard InChI is InChI=1S/C31H41N3O3/c35-30(33-17-11-26(12-18-33)23-25-7-3-1-4-8-25)28-13-19-32(20-14-28)29-15-21-34(22-16-29)31(36)37-24-27-9-5-2-6-10-27/h1-10,26,28-29H,11-24H2. The molecule has 0 atom stereocenters. The van der Waals surface area contributed by atoms with Crippen LogP contribution in [0.2, 0.25) is 0 Å². The largest absolute Gasteiger partial charge is 0.445 e. The third-order valence-electron chi connectivity index (χ3n) is 8.62. The fourth-order valence-electron chi connectivity index (χ4n) is 6.30. The van der Waals surface area contributed by atoms with E-state index in [0.29, 0.717) is 24.5 Å². The Labute approximate surface area is 221 Å². The SMILES string of the molecule is O=C(OCc1ccccc1)N1CCC(N2CCC(C(=O)N3CCC(Cc4ccccc4)CC3)CC2)CC1. The summed E-state index contributed by atoms with van der Waals surface area (Å²) in [4.78, 5) is 32.3. The summed E-state index contributed by atoms with van der Waals surface area (Å²) in [6, 6.07) is 21.1. The van der Waals surface area contributed by atoms with E-state index in [1.165, 1.54) is 5.56 Å². The minimum Gasteiger partial charge on any atom is -0.445 e. The van der Waals surface area contributed by atoms with Gasteiger partial charge in [-0.1, -0.05) is 60.7 Å². The summed E-state index contributed by atoms with van der Waals surface area (Å²) >= 11 is 0. The number of carbonyl (C=O) groups excluding carboxylic acids is 2. The summed E-state index contributed by atoms with van der Waals surface area (Å²) in [7, 11) is 0. The molecule has 0 bridgehead atoms. The Balaban J connectivity index is 0.994. The van der Waals surface area contributed by atoms with Gasteiger partial charge in [0.25, 0.3) is 0 Å². The molecule has 2 amide bonds. The van der Waals surface area contributed by atoms with Gasteiger partial charge in [0.1, 0.15) is 6.61 Å². The number of likely N-dealkylation sites (tertiary alicyclic amines) is 3. The zero-order valence-electron chi connectivity index (χ0n) is 22.0. The van der Waals surface area contributed by atoms with Gasteiger partial charge in [-0.2, -0.15) is 0 Å². The molecule has 6 nitrogen and oxygen atoms in total. The molecule has 3 saturated heterocycles. The zero-order valence-corrected chi connectivity index (χ0v) is 22.0. The van der Waals surface area contributed by atoms with Crippen LogP contribution in [0.1, 0.15) is 49.7 Å². The number of hydrogen-bond donors (Lipinski definition) is 0. The molecule has 6 heteroatoms. The lowest BCUT2D eigenvalue weighted by atomic mass is 9.88. The van der Waals surface area contributed by atoms with Crippen LogP contribution in [-0.2, 0) is 22.6 Å². The highest BCUT2D eigenvalue weighted by Crippen LogP contribution is 2.28. The third kappa shape index (κ3) is 6.92. The van der Waals surface area contributed by atoms with E-state index in [1.807, 2.05) is 35.2 Å². The van der Waals surface area contributed by atoms with Gasteiger partial charge in [-0.25, -0.2) is 4.79 Å². The Morgan fingerprint density at radius 2 is 1.24 bits per heavy atom.